The summed E-state index contributed by atoms with van der Waals surface area (Å²) in [6.07, 6.45) is 5.39. The molecule has 1 N–H and O–H groups in total. The molecular formula is C22H32N2O2. The zero-order chi connectivity index (χ0) is 18.1. The smallest absolute Gasteiger partial charge is 0.220 e. The van der Waals surface area contributed by atoms with E-state index in [2.05, 4.69) is 42.3 Å². The molecule has 2 saturated heterocycles. The van der Waals surface area contributed by atoms with Crippen LogP contribution in [0, 0.1) is 25.7 Å². The Morgan fingerprint density at radius 3 is 2.85 bits per heavy atom. The maximum Gasteiger partial charge on any atom is 0.220 e. The first-order valence-electron chi connectivity index (χ1n) is 10.2. The third-order valence-electron chi connectivity index (χ3n) is 6.47. The van der Waals surface area contributed by atoms with Crippen LogP contribution in [0.3, 0.4) is 0 Å². The van der Waals surface area contributed by atoms with E-state index in [1.165, 1.54) is 29.5 Å². The minimum absolute atomic E-state index is 0.0406. The van der Waals surface area contributed by atoms with Crippen molar-refractivity contribution in [3.63, 3.8) is 0 Å². The Labute approximate surface area is 157 Å². The summed E-state index contributed by atoms with van der Waals surface area (Å²) in [4.78, 5) is 14.4. The van der Waals surface area contributed by atoms with Gasteiger partial charge in [0.2, 0.25) is 5.91 Å². The van der Waals surface area contributed by atoms with E-state index >= 15 is 0 Å². The second kappa shape index (κ2) is 7.32. The zero-order valence-electron chi connectivity index (χ0n) is 16.2. The second-order valence-electron chi connectivity index (χ2n) is 8.76. The average Bonchev–Trinajstić information content (AvgIpc) is 3.28. The number of aryl methyl sites for hydroxylation is 2. The van der Waals surface area contributed by atoms with Crippen molar-refractivity contribution >= 4 is 5.91 Å². The third kappa shape index (κ3) is 3.96. The van der Waals surface area contributed by atoms with E-state index in [1.54, 1.807) is 0 Å². The number of hydrogen-bond acceptors (Lipinski definition) is 3. The first kappa shape index (κ1) is 18.0. The van der Waals surface area contributed by atoms with Crippen molar-refractivity contribution in [3.8, 4) is 0 Å². The minimum Gasteiger partial charge on any atom is -0.372 e. The van der Waals surface area contributed by atoms with Crippen LogP contribution in [0.4, 0.5) is 0 Å². The molecule has 4 nitrogen and oxygen atoms in total. The number of carbonyl (C=O) groups excluding carboxylic acids is 1. The lowest BCUT2D eigenvalue weighted by Gasteiger charge is -2.50. The molecule has 2 heterocycles. The highest BCUT2D eigenvalue weighted by Gasteiger charge is 2.52. The van der Waals surface area contributed by atoms with Gasteiger partial charge in [-0.25, -0.2) is 0 Å². The lowest BCUT2D eigenvalue weighted by molar-refractivity contribution is -0.137. The van der Waals surface area contributed by atoms with E-state index < -0.39 is 0 Å². The van der Waals surface area contributed by atoms with Gasteiger partial charge < -0.3 is 10.1 Å². The number of amides is 1. The molecule has 3 aliphatic rings. The van der Waals surface area contributed by atoms with Gasteiger partial charge in [0.15, 0.2) is 0 Å². The van der Waals surface area contributed by atoms with Crippen LogP contribution in [0.5, 0.6) is 0 Å². The fourth-order valence-corrected chi connectivity index (χ4v) is 4.62. The summed E-state index contributed by atoms with van der Waals surface area (Å²) in [7, 11) is 0. The van der Waals surface area contributed by atoms with Gasteiger partial charge in [0.25, 0.3) is 0 Å². The Balaban J connectivity index is 1.25. The predicted molar refractivity (Wildman–Crippen MR) is 103 cm³/mol. The molecule has 3 fully saturated rings. The Bertz CT molecular complexity index is 662. The zero-order valence-corrected chi connectivity index (χ0v) is 16.2. The van der Waals surface area contributed by atoms with Gasteiger partial charge in [-0.2, -0.15) is 0 Å². The van der Waals surface area contributed by atoms with Crippen molar-refractivity contribution in [2.24, 2.45) is 11.8 Å². The Hall–Kier alpha value is -1.39. The molecule has 4 rings (SSSR count). The molecule has 1 spiro atoms. The van der Waals surface area contributed by atoms with Gasteiger partial charge in [-0.1, -0.05) is 23.8 Å². The maximum atomic E-state index is 11.9. The van der Waals surface area contributed by atoms with E-state index in [0.717, 1.165) is 52.0 Å². The van der Waals surface area contributed by atoms with Gasteiger partial charge in [-0.15, -0.1) is 0 Å². The van der Waals surface area contributed by atoms with Crippen LogP contribution in [-0.2, 0) is 16.1 Å². The Morgan fingerprint density at radius 1 is 1.27 bits per heavy atom. The Kier molecular flexibility index (Phi) is 5.07. The van der Waals surface area contributed by atoms with Crippen molar-refractivity contribution in [1.29, 1.82) is 0 Å². The van der Waals surface area contributed by atoms with Gasteiger partial charge >= 0.3 is 0 Å². The molecule has 0 aromatic heterocycles. The molecule has 142 valence electrons. The molecule has 1 amide bonds. The summed E-state index contributed by atoms with van der Waals surface area (Å²) in [6.45, 7) is 9.11. The average molecular weight is 357 g/mol. The van der Waals surface area contributed by atoms with E-state index in [1.807, 2.05) is 0 Å². The summed E-state index contributed by atoms with van der Waals surface area (Å²) in [5, 5.41) is 3.12. The monoisotopic (exact) mass is 356 g/mol. The molecule has 1 saturated carbocycles. The summed E-state index contributed by atoms with van der Waals surface area (Å²) >= 11 is 0. The van der Waals surface area contributed by atoms with E-state index in [-0.39, 0.29) is 11.5 Å². The first-order valence-corrected chi connectivity index (χ1v) is 10.2. The van der Waals surface area contributed by atoms with Crippen LogP contribution in [0.25, 0.3) is 0 Å². The van der Waals surface area contributed by atoms with Crippen LogP contribution >= 0.6 is 0 Å². The number of hydrogen-bond donors (Lipinski definition) is 1. The lowest BCUT2D eigenvalue weighted by atomic mass is 9.78. The molecule has 1 aliphatic carbocycles. The highest BCUT2D eigenvalue weighted by atomic mass is 16.5. The van der Waals surface area contributed by atoms with E-state index in [9.17, 15) is 4.79 Å². The number of nitrogens with zero attached hydrogens (tertiary/aromatic N) is 1. The molecule has 2 aliphatic heterocycles. The van der Waals surface area contributed by atoms with Crippen LogP contribution in [0.15, 0.2) is 18.2 Å². The van der Waals surface area contributed by atoms with E-state index in [0.29, 0.717) is 11.8 Å². The number of benzene rings is 1. The van der Waals surface area contributed by atoms with E-state index in [4.69, 9.17) is 4.74 Å². The van der Waals surface area contributed by atoms with Gasteiger partial charge in [0.1, 0.15) is 0 Å². The van der Waals surface area contributed by atoms with Crippen molar-refractivity contribution in [1.82, 2.24) is 10.2 Å². The van der Waals surface area contributed by atoms with Crippen LogP contribution in [0.2, 0.25) is 0 Å². The molecule has 26 heavy (non-hydrogen) atoms. The van der Waals surface area contributed by atoms with Gasteiger partial charge in [0.05, 0.1) is 5.60 Å². The predicted octanol–water partition coefficient (Wildman–Crippen LogP) is 3.20. The summed E-state index contributed by atoms with van der Waals surface area (Å²) in [6, 6.07) is 6.71. The molecule has 0 bridgehead atoms. The maximum absolute atomic E-state index is 11.9. The van der Waals surface area contributed by atoms with Gasteiger partial charge in [-0.05, 0) is 62.5 Å². The van der Waals surface area contributed by atoms with Gasteiger partial charge in [0, 0.05) is 39.2 Å². The highest BCUT2D eigenvalue weighted by Crippen LogP contribution is 2.42. The molecular weight excluding hydrogens is 324 g/mol. The van der Waals surface area contributed by atoms with Gasteiger partial charge in [-0.3, -0.25) is 9.69 Å². The topological polar surface area (TPSA) is 41.6 Å². The quantitative estimate of drug-likeness (QED) is 0.816. The van der Waals surface area contributed by atoms with Crippen molar-refractivity contribution < 1.29 is 9.53 Å². The van der Waals surface area contributed by atoms with Crippen molar-refractivity contribution in [2.75, 3.05) is 26.2 Å². The number of ether oxygens (including phenoxy) is 1. The summed E-state index contributed by atoms with van der Waals surface area (Å²) in [5.74, 6) is 1.49. The Morgan fingerprint density at radius 2 is 2.08 bits per heavy atom. The molecule has 1 unspecified atom stereocenters. The largest absolute Gasteiger partial charge is 0.372 e. The first-order chi connectivity index (χ1) is 12.5. The molecule has 1 aromatic carbocycles. The third-order valence-corrected chi connectivity index (χ3v) is 6.47. The minimum atomic E-state index is 0.0406. The second-order valence-corrected chi connectivity index (χ2v) is 8.76. The number of carbonyl (C=O) groups is 1. The summed E-state index contributed by atoms with van der Waals surface area (Å²) < 4.78 is 6.19. The highest BCUT2D eigenvalue weighted by molar-refractivity contribution is 5.76. The number of rotatable bonds is 7. The molecule has 4 heteroatoms. The standard InChI is InChI=1S/C22H32N2O2/c1-16-3-4-17(2)19(11-16)13-24-14-22(15-24)20(8-10-26-22)7-9-23-21(25)12-18-5-6-18/h3-4,11,18,20H,5-10,12-15H2,1-2H3,(H,23,25). The number of likely N-dealkylation sites (tertiary alicyclic amines) is 1. The molecule has 0 radical (unpaired) electrons. The fourth-order valence-electron chi connectivity index (χ4n) is 4.62. The molecule has 1 aromatic rings. The van der Waals surface area contributed by atoms with Crippen molar-refractivity contribution in [3.05, 3.63) is 34.9 Å². The normalized spacial score (nSPS) is 24.6. The lowest BCUT2D eigenvalue weighted by Crippen LogP contribution is -2.64. The summed E-state index contributed by atoms with van der Waals surface area (Å²) in [5.41, 5.74) is 4.18. The fraction of sp³-hybridized carbons (Fsp3) is 0.682. The SMILES string of the molecule is Cc1ccc(C)c(CN2CC3(C2)OCCC3CCNC(=O)CC2CC2)c1. The van der Waals surface area contributed by atoms with Crippen LogP contribution in [-0.4, -0.2) is 42.6 Å². The molecule has 1 atom stereocenters. The number of nitrogens with one attached hydrogen (secondary N) is 1. The van der Waals surface area contributed by atoms with Crippen LogP contribution < -0.4 is 5.32 Å². The van der Waals surface area contributed by atoms with Crippen molar-refractivity contribution in [2.45, 2.75) is 58.1 Å². The van der Waals surface area contributed by atoms with Crippen LogP contribution in [0.1, 0.15) is 48.8 Å².